The second-order valence-electron chi connectivity index (χ2n) is 6.90. The average Bonchev–Trinajstić information content (AvgIpc) is 2.56. The Hall–Kier alpha value is -0.820. The van der Waals surface area contributed by atoms with Crippen LogP contribution in [0.1, 0.15) is 36.8 Å². The zero-order valence-corrected chi connectivity index (χ0v) is 17.8. The summed E-state index contributed by atoms with van der Waals surface area (Å²) < 4.78 is 0. The first kappa shape index (κ1) is 21.2. The van der Waals surface area contributed by atoms with Crippen LogP contribution in [0.15, 0.2) is 29.3 Å². The van der Waals surface area contributed by atoms with Gasteiger partial charge in [-0.3, -0.25) is 4.99 Å². The summed E-state index contributed by atoms with van der Waals surface area (Å²) in [6.45, 7) is 8.74. The smallest absolute Gasteiger partial charge is 0.191 e. The van der Waals surface area contributed by atoms with Crippen LogP contribution in [0.5, 0.6) is 0 Å². The largest absolute Gasteiger partial charge is 0.356 e. The van der Waals surface area contributed by atoms with Crippen molar-refractivity contribution in [2.75, 3.05) is 40.3 Å². The van der Waals surface area contributed by atoms with E-state index in [2.05, 4.69) is 65.7 Å². The van der Waals surface area contributed by atoms with Crippen LogP contribution in [0.25, 0.3) is 0 Å². The molecule has 4 nitrogen and oxygen atoms in total. The van der Waals surface area contributed by atoms with Crippen molar-refractivity contribution in [2.24, 2.45) is 10.9 Å². The van der Waals surface area contributed by atoms with Gasteiger partial charge in [0.05, 0.1) is 0 Å². The lowest BCUT2D eigenvalue weighted by Crippen LogP contribution is -2.43. The fourth-order valence-corrected chi connectivity index (χ4v) is 3.07. The first-order valence-corrected chi connectivity index (χ1v) is 8.78. The maximum absolute atomic E-state index is 4.35. The van der Waals surface area contributed by atoms with Gasteiger partial charge in [-0.05, 0) is 57.3 Å². The molecule has 0 spiro atoms. The van der Waals surface area contributed by atoms with Crippen LogP contribution in [0.3, 0.4) is 0 Å². The van der Waals surface area contributed by atoms with Crippen molar-refractivity contribution in [3.05, 3.63) is 35.4 Å². The standard InChI is InChI=1S/C19H32N4.HI/c1-15-6-5-7-18(12-15)16(2)13-21-19(20-3)22-14-17-8-10-23(4)11-9-17;/h5-7,12,16-17H,8-11,13-14H2,1-4H3,(H2,20,21,22);1H. The van der Waals surface area contributed by atoms with Gasteiger partial charge in [0, 0.05) is 20.1 Å². The zero-order valence-electron chi connectivity index (χ0n) is 15.5. The maximum Gasteiger partial charge on any atom is 0.191 e. The molecule has 24 heavy (non-hydrogen) atoms. The topological polar surface area (TPSA) is 39.7 Å². The monoisotopic (exact) mass is 444 g/mol. The summed E-state index contributed by atoms with van der Waals surface area (Å²) in [5.41, 5.74) is 2.70. The predicted molar refractivity (Wildman–Crippen MR) is 115 cm³/mol. The van der Waals surface area contributed by atoms with E-state index in [0.717, 1.165) is 25.0 Å². The summed E-state index contributed by atoms with van der Waals surface area (Å²) in [6, 6.07) is 8.75. The van der Waals surface area contributed by atoms with Gasteiger partial charge in [-0.2, -0.15) is 0 Å². The van der Waals surface area contributed by atoms with Crippen molar-refractivity contribution in [2.45, 2.75) is 32.6 Å². The van der Waals surface area contributed by atoms with E-state index in [1.54, 1.807) is 0 Å². The molecule has 0 bridgehead atoms. The van der Waals surface area contributed by atoms with Crippen LogP contribution < -0.4 is 10.6 Å². The molecular weight excluding hydrogens is 411 g/mol. The minimum absolute atomic E-state index is 0. The van der Waals surface area contributed by atoms with Crippen molar-refractivity contribution >= 4 is 29.9 Å². The molecule has 1 aliphatic heterocycles. The SMILES string of the molecule is CN=C(NCC1CCN(C)CC1)NCC(C)c1cccc(C)c1.I. The summed E-state index contributed by atoms with van der Waals surface area (Å²) in [5.74, 6) is 2.15. The first-order valence-electron chi connectivity index (χ1n) is 8.78. The number of guanidine groups is 1. The summed E-state index contributed by atoms with van der Waals surface area (Å²) >= 11 is 0. The molecule has 1 aliphatic rings. The van der Waals surface area contributed by atoms with Crippen LogP contribution in [0.4, 0.5) is 0 Å². The molecule has 1 aromatic rings. The van der Waals surface area contributed by atoms with Gasteiger partial charge in [-0.1, -0.05) is 36.8 Å². The van der Waals surface area contributed by atoms with Gasteiger partial charge in [-0.25, -0.2) is 0 Å². The molecule has 1 fully saturated rings. The van der Waals surface area contributed by atoms with E-state index in [-0.39, 0.29) is 24.0 Å². The molecule has 1 unspecified atom stereocenters. The molecule has 1 saturated heterocycles. The van der Waals surface area contributed by atoms with Crippen molar-refractivity contribution in [1.82, 2.24) is 15.5 Å². The van der Waals surface area contributed by atoms with Gasteiger partial charge in [0.1, 0.15) is 0 Å². The number of benzene rings is 1. The minimum Gasteiger partial charge on any atom is -0.356 e. The summed E-state index contributed by atoms with van der Waals surface area (Å²) in [5, 5.41) is 6.96. The second kappa shape index (κ2) is 10.9. The molecule has 2 rings (SSSR count). The van der Waals surface area contributed by atoms with Gasteiger partial charge >= 0.3 is 0 Å². The highest BCUT2D eigenvalue weighted by Crippen LogP contribution is 2.16. The fourth-order valence-electron chi connectivity index (χ4n) is 3.07. The van der Waals surface area contributed by atoms with Crippen molar-refractivity contribution in [3.63, 3.8) is 0 Å². The highest BCUT2D eigenvalue weighted by atomic mass is 127. The van der Waals surface area contributed by atoms with Gasteiger partial charge in [0.15, 0.2) is 5.96 Å². The Labute approximate surface area is 164 Å². The van der Waals surface area contributed by atoms with Crippen LogP contribution >= 0.6 is 24.0 Å². The first-order chi connectivity index (χ1) is 11.1. The fraction of sp³-hybridized carbons (Fsp3) is 0.632. The summed E-state index contributed by atoms with van der Waals surface area (Å²) in [6.07, 6.45) is 2.56. The van der Waals surface area contributed by atoms with E-state index in [0.29, 0.717) is 5.92 Å². The minimum atomic E-state index is 0. The Morgan fingerprint density at radius 3 is 2.62 bits per heavy atom. The number of hydrogen-bond acceptors (Lipinski definition) is 2. The highest BCUT2D eigenvalue weighted by Gasteiger charge is 2.16. The van der Waals surface area contributed by atoms with Gasteiger partial charge in [0.25, 0.3) is 0 Å². The number of halogens is 1. The molecule has 136 valence electrons. The number of likely N-dealkylation sites (tertiary alicyclic amines) is 1. The molecule has 5 heteroatoms. The van der Waals surface area contributed by atoms with Gasteiger partial charge in [0.2, 0.25) is 0 Å². The molecular formula is C19H33IN4. The van der Waals surface area contributed by atoms with E-state index in [9.17, 15) is 0 Å². The van der Waals surface area contributed by atoms with Gasteiger partial charge in [-0.15, -0.1) is 24.0 Å². The molecule has 0 amide bonds. The molecule has 0 aromatic heterocycles. The van der Waals surface area contributed by atoms with Crippen LogP contribution in [-0.2, 0) is 0 Å². The molecule has 1 aromatic carbocycles. The van der Waals surface area contributed by atoms with Crippen molar-refractivity contribution in [3.8, 4) is 0 Å². The quantitative estimate of drug-likeness (QED) is 0.416. The lowest BCUT2D eigenvalue weighted by Gasteiger charge is -2.29. The van der Waals surface area contributed by atoms with Crippen molar-refractivity contribution in [1.29, 1.82) is 0 Å². The second-order valence-corrected chi connectivity index (χ2v) is 6.90. The predicted octanol–water partition coefficient (Wildman–Crippen LogP) is 3.22. The average molecular weight is 444 g/mol. The highest BCUT2D eigenvalue weighted by molar-refractivity contribution is 14.0. The molecule has 0 saturated carbocycles. The Balaban J connectivity index is 0.00000288. The number of hydrogen-bond donors (Lipinski definition) is 2. The third-order valence-corrected chi connectivity index (χ3v) is 4.81. The lowest BCUT2D eigenvalue weighted by atomic mass is 9.97. The number of nitrogens with one attached hydrogen (secondary N) is 2. The van der Waals surface area contributed by atoms with E-state index in [4.69, 9.17) is 0 Å². The molecule has 1 heterocycles. The molecule has 1 atom stereocenters. The van der Waals surface area contributed by atoms with Crippen molar-refractivity contribution < 1.29 is 0 Å². The van der Waals surface area contributed by atoms with Crippen LogP contribution in [0.2, 0.25) is 0 Å². The number of rotatable bonds is 5. The third kappa shape index (κ3) is 6.97. The molecule has 0 aliphatic carbocycles. The third-order valence-electron chi connectivity index (χ3n) is 4.81. The molecule has 2 N–H and O–H groups in total. The van der Waals surface area contributed by atoms with E-state index < -0.39 is 0 Å². The Kier molecular flexibility index (Phi) is 9.66. The van der Waals surface area contributed by atoms with Crippen LogP contribution in [0, 0.1) is 12.8 Å². The van der Waals surface area contributed by atoms with Gasteiger partial charge < -0.3 is 15.5 Å². The molecule has 0 radical (unpaired) electrons. The number of nitrogens with zero attached hydrogens (tertiary/aromatic N) is 2. The number of aliphatic imine (C=N–C) groups is 1. The summed E-state index contributed by atoms with van der Waals surface area (Å²) in [4.78, 5) is 6.76. The maximum atomic E-state index is 4.35. The zero-order chi connectivity index (χ0) is 16.7. The Morgan fingerprint density at radius 1 is 1.29 bits per heavy atom. The normalized spacial score (nSPS) is 17.9. The van der Waals surface area contributed by atoms with E-state index >= 15 is 0 Å². The van der Waals surface area contributed by atoms with E-state index in [1.807, 2.05) is 7.05 Å². The lowest BCUT2D eigenvalue weighted by molar-refractivity contribution is 0.220. The number of aryl methyl sites for hydroxylation is 1. The number of piperidine rings is 1. The Morgan fingerprint density at radius 2 is 2.00 bits per heavy atom. The van der Waals surface area contributed by atoms with E-state index in [1.165, 1.54) is 37.1 Å². The van der Waals surface area contributed by atoms with Crippen LogP contribution in [-0.4, -0.2) is 51.1 Å². The Bertz CT molecular complexity index is 510. The summed E-state index contributed by atoms with van der Waals surface area (Å²) in [7, 11) is 4.05.